The van der Waals surface area contributed by atoms with Gasteiger partial charge in [0, 0.05) is 30.3 Å². The lowest BCUT2D eigenvalue weighted by molar-refractivity contribution is -0.137. The van der Waals surface area contributed by atoms with Gasteiger partial charge in [0.2, 0.25) is 5.91 Å². The highest BCUT2D eigenvalue weighted by Gasteiger charge is 2.34. The molecule has 0 unspecified atom stereocenters. The third kappa shape index (κ3) is 4.11. The van der Waals surface area contributed by atoms with E-state index in [1.54, 1.807) is 0 Å². The van der Waals surface area contributed by atoms with Gasteiger partial charge in [-0.25, -0.2) is 13.8 Å². The van der Waals surface area contributed by atoms with Crippen LogP contribution < -0.4 is 5.32 Å². The lowest BCUT2D eigenvalue weighted by Gasteiger charge is -2.15. The van der Waals surface area contributed by atoms with Crippen molar-refractivity contribution < 1.29 is 26.7 Å². The zero-order valence-corrected chi connectivity index (χ0v) is 15.9. The fraction of sp³-hybridized carbons (Fsp3) is 0.0909. The minimum absolute atomic E-state index is 0.0998. The molecule has 4 aromatic rings. The molecule has 0 aliphatic carbocycles. The average molecular weight is 431 g/mol. The smallest absolute Gasteiger partial charge is 0.338 e. The molecule has 0 fully saturated rings. The third-order valence-corrected chi connectivity index (χ3v) is 4.64. The average Bonchev–Trinajstić information content (AvgIpc) is 3.10. The van der Waals surface area contributed by atoms with Crippen LogP contribution in [0.5, 0.6) is 0 Å². The quantitative estimate of drug-likeness (QED) is 0.382. The molecule has 3 aromatic carbocycles. The van der Waals surface area contributed by atoms with E-state index in [9.17, 15) is 26.7 Å². The molecule has 1 amide bonds. The number of carbonyl (C=O) groups excluding carboxylic acids is 1. The van der Waals surface area contributed by atoms with Crippen molar-refractivity contribution in [1.82, 2.24) is 9.97 Å². The summed E-state index contributed by atoms with van der Waals surface area (Å²) in [5.41, 5.74) is 0.448. The first kappa shape index (κ1) is 20.5. The van der Waals surface area contributed by atoms with Crippen molar-refractivity contribution in [2.45, 2.75) is 13.1 Å². The van der Waals surface area contributed by atoms with Crippen LogP contribution in [-0.4, -0.2) is 15.9 Å². The van der Waals surface area contributed by atoms with Crippen LogP contribution in [0.4, 0.5) is 27.6 Å². The van der Waals surface area contributed by atoms with Gasteiger partial charge in [0.1, 0.15) is 5.82 Å². The molecule has 2 N–H and O–H groups in total. The van der Waals surface area contributed by atoms with E-state index in [0.29, 0.717) is 11.3 Å². The van der Waals surface area contributed by atoms with Crippen molar-refractivity contribution in [3.8, 4) is 22.5 Å². The second-order valence-corrected chi connectivity index (χ2v) is 6.89. The Morgan fingerprint density at radius 1 is 0.935 bits per heavy atom. The van der Waals surface area contributed by atoms with Crippen molar-refractivity contribution in [3.05, 3.63) is 71.8 Å². The maximum Gasteiger partial charge on any atom is 0.417 e. The van der Waals surface area contributed by atoms with Crippen LogP contribution in [0.2, 0.25) is 0 Å². The largest absolute Gasteiger partial charge is 0.417 e. The normalized spacial score (nSPS) is 11.7. The van der Waals surface area contributed by atoms with Crippen LogP contribution in [-0.2, 0) is 11.0 Å². The highest BCUT2D eigenvalue weighted by Crippen LogP contribution is 2.39. The zero-order valence-electron chi connectivity index (χ0n) is 15.9. The Bertz CT molecular complexity index is 1250. The maximum atomic E-state index is 13.6. The van der Waals surface area contributed by atoms with Crippen molar-refractivity contribution in [1.29, 1.82) is 0 Å². The van der Waals surface area contributed by atoms with Crippen LogP contribution >= 0.6 is 0 Å². The number of alkyl halides is 3. The fourth-order valence-corrected chi connectivity index (χ4v) is 3.26. The molecule has 1 aromatic heterocycles. The van der Waals surface area contributed by atoms with Gasteiger partial charge in [-0.15, -0.1) is 0 Å². The summed E-state index contributed by atoms with van der Waals surface area (Å²) >= 11 is 0. The number of hydrogen-bond donors (Lipinski definition) is 2. The van der Waals surface area contributed by atoms with Crippen LogP contribution in [0.25, 0.3) is 33.5 Å². The van der Waals surface area contributed by atoms with Crippen LogP contribution in [0.3, 0.4) is 0 Å². The summed E-state index contributed by atoms with van der Waals surface area (Å²) in [5, 5.41) is 2.55. The first-order valence-electron chi connectivity index (χ1n) is 9.06. The van der Waals surface area contributed by atoms with E-state index in [2.05, 4.69) is 15.3 Å². The van der Waals surface area contributed by atoms with Gasteiger partial charge in [0.15, 0.2) is 11.6 Å². The summed E-state index contributed by atoms with van der Waals surface area (Å²) < 4.78 is 67.8. The molecule has 9 heteroatoms. The molecule has 0 atom stereocenters. The van der Waals surface area contributed by atoms with Gasteiger partial charge in [-0.05, 0) is 35.4 Å². The Hall–Kier alpha value is -3.75. The first-order valence-corrected chi connectivity index (χ1v) is 9.06. The monoisotopic (exact) mass is 431 g/mol. The molecule has 0 spiro atoms. The van der Waals surface area contributed by atoms with Crippen molar-refractivity contribution in [3.63, 3.8) is 0 Å². The number of H-pyrrole nitrogens is 1. The van der Waals surface area contributed by atoms with Gasteiger partial charge in [-0.2, -0.15) is 13.2 Å². The van der Waals surface area contributed by atoms with Gasteiger partial charge < -0.3 is 10.3 Å². The number of halogens is 5. The molecular weight excluding hydrogens is 417 g/mol. The predicted molar refractivity (Wildman–Crippen MR) is 106 cm³/mol. The Kier molecular flexibility index (Phi) is 4.96. The molecular formula is C22H14F5N3O. The van der Waals surface area contributed by atoms with Gasteiger partial charge in [0.05, 0.1) is 16.6 Å². The van der Waals surface area contributed by atoms with E-state index >= 15 is 0 Å². The van der Waals surface area contributed by atoms with E-state index in [1.165, 1.54) is 43.3 Å². The van der Waals surface area contributed by atoms with Crippen LogP contribution in [0.1, 0.15) is 12.5 Å². The minimum atomic E-state index is -4.61. The summed E-state index contributed by atoms with van der Waals surface area (Å²) in [6.45, 7) is 1.32. The number of carbonyl (C=O) groups is 1. The van der Waals surface area contributed by atoms with Gasteiger partial charge >= 0.3 is 6.18 Å². The lowest BCUT2D eigenvalue weighted by Crippen LogP contribution is -2.08. The number of fused-ring (bicyclic) bond motifs is 1. The molecule has 0 radical (unpaired) electrons. The number of imidazole rings is 1. The second kappa shape index (κ2) is 7.50. The number of benzene rings is 3. The first-order chi connectivity index (χ1) is 14.6. The molecule has 1 heterocycles. The maximum absolute atomic E-state index is 13.6. The highest BCUT2D eigenvalue weighted by molar-refractivity contribution is 5.89. The summed E-state index contributed by atoms with van der Waals surface area (Å²) in [5.74, 6) is -2.26. The number of nitrogens with one attached hydrogen (secondary N) is 2. The molecule has 0 bridgehead atoms. The number of nitrogens with zero attached hydrogens (tertiary/aromatic N) is 1. The molecule has 0 saturated heterocycles. The molecule has 0 aliphatic heterocycles. The van der Waals surface area contributed by atoms with Gasteiger partial charge in [-0.3, -0.25) is 4.79 Å². The van der Waals surface area contributed by atoms with Crippen molar-refractivity contribution in [2.24, 2.45) is 0 Å². The SMILES string of the molecule is CC(=O)Nc1ccc(-c2cc(-c3nc4cc(F)c(F)cc4[nH]3)ccc2C(F)(F)F)cc1. The highest BCUT2D eigenvalue weighted by atomic mass is 19.4. The van der Waals surface area contributed by atoms with E-state index in [-0.39, 0.29) is 33.9 Å². The number of aromatic amines is 1. The van der Waals surface area contributed by atoms with Gasteiger partial charge in [0.25, 0.3) is 0 Å². The number of anilines is 1. The Morgan fingerprint density at radius 3 is 2.23 bits per heavy atom. The number of amides is 1. The fourth-order valence-electron chi connectivity index (χ4n) is 3.26. The molecule has 0 aliphatic rings. The Labute approximate surface area is 172 Å². The van der Waals surface area contributed by atoms with Crippen molar-refractivity contribution >= 4 is 22.6 Å². The van der Waals surface area contributed by atoms with E-state index in [4.69, 9.17) is 0 Å². The Balaban J connectivity index is 1.82. The number of aromatic nitrogens is 2. The van der Waals surface area contributed by atoms with Crippen LogP contribution in [0, 0.1) is 11.6 Å². The molecule has 158 valence electrons. The third-order valence-electron chi connectivity index (χ3n) is 4.64. The minimum Gasteiger partial charge on any atom is -0.338 e. The summed E-state index contributed by atoms with van der Waals surface area (Å²) in [7, 11) is 0. The number of rotatable bonds is 3. The summed E-state index contributed by atoms with van der Waals surface area (Å²) in [6, 6.07) is 11.2. The summed E-state index contributed by atoms with van der Waals surface area (Å²) in [4.78, 5) is 18.1. The molecule has 4 nitrogen and oxygen atoms in total. The van der Waals surface area contributed by atoms with Gasteiger partial charge in [-0.1, -0.05) is 18.2 Å². The molecule has 0 saturated carbocycles. The standard InChI is InChI=1S/C22H14F5N3O/c1-11(31)28-14-5-2-12(3-6-14)15-8-13(4-7-16(15)22(25,26)27)21-29-19-9-17(23)18(24)10-20(19)30-21/h2-10H,1H3,(H,28,31)(H,29,30). The molecule has 31 heavy (non-hydrogen) atoms. The van der Waals surface area contributed by atoms with E-state index in [1.807, 2.05) is 0 Å². The lowest BCUT2D eigenvalue weighted by atomic mass is 9.96. The zero-order chi connectivity index (χ0) is 22.3. The van der Waals surface area contributed by atoms with E-state index in [0.717, 1.165) is 18.2 Å². The number of hydrogen-bond acceptors (Lipinski definition) is 2. The summed E-state index contributed by atoms with van der Waals surface area (Å²) in [6.07, 6.45) is -4.61. The second-order valence-electron chi connectivity index (χ2n) is 6.89. The molecule has 4 rings (SSSR count). The van der Waals surface area contributed by atoms with Crippen LogP contribution in [0.15, 0.2) is 54.6 Å². The Morgan fingerprint density at radius 2 is 1.58 bits per heavy atom. The predicted octanol–water partition coefficient (Wildman–Crippen LogP) is 6.15. The van der Waals surface area contributed by atoms with Crippen molar-refractivity contribution in [2.75, 3.05) is 5.32 Å². The van der Waals surface area contributed by atoms with E-state index < -0.39 is 23.4 Å². The topological polar surface area (TPSA) is 57.8 Å².